The summed E-state index contributed by atoms with van der Waals surface area (Å²) in [6.45, 7) is 6.54. The van der Waals surface area contributed by atoms with E-state index < -0.39 is 41.0 Å². The van der Waals surface area contributed by atoms with Crippen molar-refractivity contribution in [3.63, 3.8) is 0 Å². The molecule has 0 spiro atoms. The largest absolute Gasteiger partial charge is 0.344 e. The first kappa shape index (κ1) is 25.1. The second-order valence-corrected chi connectivity index (χ2v) is 8.18. The highest BCUT2D eigenvalue weighted by Gasteiger charge is 2.29. The zero-order valence-electron chi connectivity index (χ0n) is 18.4. The van der Waals surface area contributed by atoms with Crippen LogP contribution in [0.3, 0.4) is 0 Å². The SMILES string of the molecule is C[C@H](NC(=O)Cc1cc(F)cc(F)c1)C(=O)N(C(=O)CNOC(C)(C)C)c1ccccc1. The Kier molecular flexibility index (Phi) is 8.56. The van der Waals surface area contributed by atoms with Crippen molar-refractivity contribution in [1.29, 1.82) is 0 Å². The molecule has 0 aliphatic carbocycles. The molecule has 0 radical (unpaired) electrons. The molecule has 7 nitrogen and oxygen atoms in total. The number of hydrogen-bond donors (Lipinski definition) is 2. The number of carbonyl (C=O) groups excluding carboxylic acids is 3. The average Bonchev–Trinajstić information content (AvgIpc) is 2.67. The molecular formula is C23H27F2N3O4. The van der Waals surface area contributed by atoms with E-state index in [-0.39, 0.29) is 18.5 Å². The number of para-hydroxylation sites is 1. The van der Waals surface area contributed by atoms with Gasteiger partial charge in [0.2, 0.25) is 11.8 Å². The second kappa shape index (κ2) is 10.9. The maximum absolute atomic E-state index is 13.3. The number of nitrogens with one attached hydrogen (secondary N) is 2. The number of amides is 3. The molecule has 2 aromatic carbocycles. The normalized spacial score (nSPS) is 12.2. The fourth-order valence-corrected chi connectivity index (χ4v) is 2.81. The Labute approximate surface area is 185 Å². The highest BCUT2D eigenvalue weighted by atomic mass is 19.1. The topological polar surface area (TPSA) is 87.7 Å². The van der Waals surface area contributed by atoms with E-state index in [9.17, 15) is 23.2 Å². The van der Waals surface area contributed by atoms with Crippen LogP contribution < -0.4 is 15.7 Å². The Morgan fingerprint density at radius 1 is 1.03 bits per heavy atom. The number of hydroxylamine groups is 1. The van der Waals surface area contributed by atoms with Crippen molar-refractivity contribution in [2.75, 3.05) is 11.4 Å². The van der Waals surface area contributed by atoms with Crippen molar-refractivity contribution >= 4 is 23.4 Å². The summed E-state index contributed by atoms with van der Waals surface area (Å²) in [5.74, 6) is -3.48. The third-order valence-electron chi connectivity index (χ3n) is 4.12. The molecule has 0 aliphatic heterocycles. The van der Waals surface area contributed by atoms with Crippen LogP contribution in [0.25, 0.3) is 0 Å². The number of anilines is 1. The van der Waals surface area contributed by atoms with E-state index in [0.29, 0.717) is 11.8 Å². The van der Waals surface area contributed by atoms with Crippen molar-refractivity contribution in [2.24, 2.45) is 0 Å². The summed E-state index contributed by atoms with van der Waals surface area (Å²) in [7, 11) is 0. The predicted molar refractivity (Wildman–Crippen MR) is 115 cm³/mol. The fraction of sp³-hybridized carbons (Fsp3) is 0.348. The third-order valence-corrected chi connectivity index (χ3v) is 4.12. The van der Waals surface area contributed by atoms with E-state index in [1.54, 1.807) is 51.1 Å². The fourth-order valence-electron chi connectivity index (χ4n) is 2.81. The first-order valence-corrected chi connectivity index (χ1v) is 10.0. The summed E-state index contributed by atoms with van der Waals surface area (Å²) < 4.78 is 26.7. The summed E-state index contributed by atoms with van der Waals surface area (Å²) in [6.07, 6.45) is -0.327. The lowest BCUT2D eigenvalue weighted by atomic mass is 10.1. The number of carbonyl (C=O) groups is 3. The predicted octanol–water partition coefficient (Wildman–Crippen LogP) is 2.89. The van der Waals surface area contributed by atoms with Gasteiger partial charge in [0.05, 0.1) is 17.7 Å². The van der Waals surface area contributed by atoms with Crippen LogP contribution in [0.2, 0.25) is 0 Å². The Morgan fingerprint density at radius 2 is 1.62 bits per heavy atom. The van der Waals surface area contributed by atoms with Gasteiger partial charge in [-0.1, -0.05) is 18.2 Å². The van der Waals surface area contributed by atoms with Gasteiger partial charge in [-0.3, -0.25) is 19.2 Å². The number of imide groups is 1. The van der Waals surface area contributed by atoms with E-state index in [4.69, 9.17) is 4.84 Å². The number of nitrogens with zero attached hydrogens (tertiary/aromatic N) is 1. The lowest BCUT2D eigenvalue weighted by molar-refractivity contribution is -0.132. The van der Waals surface area contributed by atoms with E-state index in [1.807, 2.05) is 0 Å². The summed E-state index contributed by atoms with van der Waals surface area (Å²) in [5.41, 5.74) is 2.46. The van der Waals surface area contributed by atoms with Crippen LogP contribution >= 0.6 is 0 Å². The first-order valence-electron chi connectivity index (χ1n) is 10.0. The molecule has 0 saturated heterocycles. The van der Waals surface area contributed by atoms with Crippen LogP contribution in [0.15, 0.2) is 48.5 Å². The van der Waals surface area contributed by atoms with Crippen molar-refractivity contribution in [3.8, 4) is 0 Å². The van der Waals surface area contributed by atoms with E-state index in [2.05, 4.69) is 10.8 Å². The maximum Gasteiger partial charge on any atom is 0.256 e. The summed E-state index contributed by atoms with van der Waals surface area (Å²) >= 11 is 0. The van der Waals surface area contributed by atoms with Gasteiger partial charge in [0.25, 0.3) is 5.91 Å². The average molecular weight is 447 g/mol. The van der Waals surface area contributed by atoms with Gasteiger partial charge in [-0.05, 0) is 57.5 Å². The highest BCUT2D eigenvalue weighted by Crippen LogP contribution is 2.16. The monoisotopic (exact) mass is 447 g/mol. The number of hydrogen-bond acceptors (Lipinski definition) is 5. The quantitative estimate of drug-likeness (QED) is 0.608. The zero-order valence-corrected chi connectivity index (χ0v) is 18.4. The number of rotatable bonds is 8. The summed E-state index contributed by atoms with van der Waals surface area (Å²) in [6, 6.07) is 9.96. The third kappa shape index (κ3) is 7.82. The zero-order chi connectivity index (χ0) is 23.9. The molecule has 32 heavy (non-hydrogen) atoms. The first-order chi connectivity index (χ1) is 15.0. The van der Waals surface area contributed by atoms with Crippen LogP contribution in [-0.4, -0.2) is 35.9 Å². The minimum atomic E-state index is -1.08. The molecule has 0 bridgehead atoms. The molecule has 172 valence electrons. The lowest BCUT2D eigenvalue weighted by Gasteiger charge is -2.26. The maximum atomic E-state index is 13.3. The summed E-state index contributed by atoms with van der Waals surface area (Å²) in [5, 5.41) is 2.47. The molecule has 2 rings (SSSR count). The molecule has 0 aliphatic rings. The molecule has 9 heteroatoms. The van der Waals surface area contributed by atoms with E-state index >= 15 is 0 Å². The minimum absolute atomic E-state index is 0.124. The van der Waals surface area contributed by atoms with Gasteiger partial charge < -0.3 is 5.32 Å². The summed E-state index contributed by atoms with van der Waals surface area (Å²) in [4.78, 5) is 44.4. The molecule has 1 atom stereocenters. The molecule has 0 heterocycles. The van der Waals surface area contributed by atoms with Crippen LogP contribution in [0.1, 0.15) is 33.3 Å². The molecule has 0 aromatic heterocycles. The lowest BCUT2D eigenvalue weighted by Crippen LogP contribution is -2.52. The van der Waals surface area contributed by atoms with Crippen molar-refractivity contribution in [2.45, 2.75) is 45.8 Å². The molecule has 0 unspecified atom stereocenters. The Balaban J connectivity index is 2.10. The van der Waals surface area contributed by atoms with Crippen LogP contribution in [0, 0.1) is 11.6 Å². The smallest absolute Gasteiger partial charge is 0.256 e. The van der Waals surface area contributed by atoms with Gasteiger partial charge in [0.15, 0.2) is 0 Å². The van der Waals surface area contributed by atoms with Gasteiger partial charge in [-0.2, -0.15) is 5.48 Å². The number of halogens is 2. The van der Waals surface area contributed by atoms with Gasteiger partial charge in [-0.15, -0.1) is 0 Å². The highest BCUT2D eigenvalue weighted by molar-refractivity contribution is 6.17. The van der Waals surface area contributed by atoms with Crippen molar-refractivity contribution in [3.05, 3.63) is 65.7 Å². The molecule has 3 amide bonds. The van der Waals surface area contributed by atoms with Gasteiger partial charge >= 0.3 is 0 Å². The van der Waals surface area contributed by atoms with Gasteiger partial charge in [0.1, 0.15) is 24.2 Å². The molecule has 0 fully saturated rings. The number of benzene rings is 2. The van der Waals surface area contributed by atoms with Gasteiger partial charge in [-0.25, -0.2) is 13.7 Å². The molecular weight excluding hydrogens is 420 g/mol. The van der Waals surface area contributed by atoms with Crippen molar-refractivity contribution < 1.29 is 28.0 Å². The minimum Gasteiger partial charge on any atom is -0.344 e. The Bertz CT molecular complexity index is 941. The van der Waals surface area contributed by atoms with Crippen molar-refractivity contribution in [1.82, 2.24) is 10.8 Å². The van der Waals surface area contributed by atoms with E-state index in [0.717, 1.165) is 17.0 Å². The van der Waals surface area contributed by atoms with E-state index in [1.165, 1.54) is 6.92 Å². The van der Waals surface area contributed by atoms with Crippen LogP contribution in [-0.2, 0) is 25.6 Å². The second-order valence-electron chi connectivity index (χ2n) is 8.18. The Morgan fingerprint density at radius 3 is 2.19 bits per heavy atom. The van der Waals surface area contributed by atoms with Gasteiger partial charge in [0, 0.05) is 6.07 Å². The van der Waals surface area contributed by atoms with Crippen LogP contribution in [0.5, 0.6) is 0 Å². The Hall–Kier alpha value is -3.17. The standard InChI is InChI=1S/C23H27F2N3O4/c1-15(27-20(29)12-16-10-17(24)13-18(25)11-16)22(31)28(19-8-6-5-7-9-19)21(30)14-26-32-23(2,3)4/h5-11,13,15,26H,12,14H2,1-4H3,(H,27,29)/t15-/m0/s1. The molecule has 0 saturated carbocycles. The molecule has 2 aromatic rings. The van der Waals surface area contributed by atoms with Crippen LogP contribution in [0.4, 0.5) is 14.5 Å². The molecule has 2 N–H and O–H groups in total.